The van der Waals surface area contributed by atoms with Crippen LogP contribution in [-0.2, 0) is 4.79 Å². The van der Waals surface area contributed by atoms with Crippen molar-refractivity contribution in [2.45, 2.75) is 13.0 Å². The number of rotatable bonds is 5. The fourth-order valence-corrected chi connectivity index (χ4v) is 1.30. The molecule has 88 valence electrons. The van der Waals surface area contributed by atoms with Crippen LogP contribution in [0.1, 0.15) is 18.5 Å². The van der Waals surface area contributed by atoms with E-state index < -0.39 is 11.7 Å². The molecule has 1 amide bonds. The monoisotopic (exact) mass is 226 g/mol. The Kier molecular flexibility index (Phi) is 4.25. The Hall–Kier alpha value is -1.62. The molecular formula is C11H15FN2O2. The third kappa shape index (κ3) is 3.20. The Morgan fingerprint density at radius 2 is 2.31 bits per heavy atom. The Balaban J connectivity index is 2.93. The van der Waals surface area contributed by atoms with Crippen LogP contribution in [0.2, 0.25) is 0 Å². The van der Waals surface area contributed by atoms with Crippen molar-refractivity contribution in [1.29, 1.82) is 0 Å². The van der Waals surface area contributed by atoms with Crippen LogP contribution >= 0.6 is 0 Å². The van der Waals surface area contributed by atoms with Crippen LogP contribution in [0, 0.1) is 5.82 Å². The number of ether oxygens (including phenoxy) is 1. The average molecular weight is 226 g/mol. The number of hydrogen-bond acceptors (Lipinski definition) is 3. The van der Waals surface area contributed by atoms with Gasteiger partial charge in [-0.25, -0.2) is 4.39 Å². The second kappa shape index (κ2) is 5.46. The van der Waals surface area contributed by atoms with Gasteiger partial charge in [-0.2, -0.15) is 0 Å². The molecule has 1 unspecified atom stereocenters. The van der Waals surface area contributed by atoms with E-state index in [0.29, 0.717) is 5.75 Å². The van der Waals surface area contributed by atoms with E-state index in [0.717, 1.165) is 5.56 Å². The van der Waals surface area contributed by atoms with Crippen molar-refractivity contribution in [3.05, 3.63) is 29.6 Å². The van der Waals surface area contributed by atoms with Gasteiger partial charge in [0.2, 0.25) is 0 Å². The van der Waals surface area contributed by atoms with Crippen LogP contribution in [0.3, 0.4) is 0 Å². The van der Waals surface area contributed by atoms with Crippen molar-refractivity contribution in [2.75, 3.05) is 13.7 Å². The van der Waals surface area contributed by atoms with Crippen LogP contribution in [0.5, 0.6) is 5.75 Å². The molecule has 16 heavy (non-hydrogen) atoms. The predicted octanol–water partition coefficient (Wildman–Crippen LogP) is 0.970. The highest BCUT2D eigenvalue weighted by Crippen LogP contribution is 2.25. The van der Waals surface area contributed by atoms with Crippen molar-refractivity contribution in [3.63, 3.8) is 0 Å². The normalized spacial score (nSPS) is 12.2. The first-order chi connectivity index (χ1) is 7.54. The molecule has 5 heteroatoms. The molecule has 3 N–H and O–H groups in total. The molecule has 0 aliphatic carbocycles. The van der Waals surface area contributed by atoms with Crippen molar-refractivity contribution < 1.29 is 13.9 Å². The maximum atomic E-state index is 13.0. The molecule has 0 saturated carbocycles. The molecule has 1 atom stereocenters. The highest BCUT2D eigenvalue weighted by Gasteiger charge is 2.11. The number of primary amides is 1. The standard InChI is InChI=1S/C11H15FN2O2/c1-7(14-2)9-4-3-8(12)5-10(9)16-6-11(13)15/h3-5,7,14H,6H2,1-2H3,(H2,13,15). The van der Waals surface area contributed by atoms with Crippen LogP contribution in [0.15, 0.2) is 18.2 Å². The summed E-state index contributed by atoms with van der Waals surface area (Å²) in [6, 6.07) is 4.21. The lowest BCUT2D eigenvalue weighted by atomic mass is 10.1. The van der Waals surface area contributed by atoms with Gasteiger partial charge in [-0.05, 0) is 20.0 Å². The van der Waals surface area contributed by atoms with Crippen LogP contribution < -0.4 is 15.8 Å². The number of halogens is 1. The molecule has 1 aromatic rings. The second-order valence-corrected chi connectivity index (χ2v) is 3.45. The van der Waals surface area contributed by atoms with Crippen LogP contribution in [-0.4, -0.2) is 19.6 Å². The molecule has 1 rings (SSSR count). The number of amides is 1. The average Bonchev–Trinajstić information content (AvgIpc) is 2.25. The number of hydrogen-bond donors (Lipinski definition) is 2. The number of carbonyl (C=O) groups excluding carboxylic acids is 1. The minimum atomic E-state index is -0.590. The SMILES string of the molecule is CNC(C)c1ccc(F)cc1OCC(N)=O. The third-order valence-electron chi connectivity index (χ3n) is 2.25. The molecule has 0 spiro atoms. The Labute approximate surface area is 93.6 Å². The molecule has 4 nitrogen and oxygen atoms in total. The number of carbonyl (C=O) groups is 1. The molecular weight excluding hydrogens is 211 g/mol. The summed E-state index contributed by atoms with van der Waals surface area (Å²) in [5, 5.41) is 3.01. The topological polar surface area (TPSA) is 64.3 Å². The highest BCUT2D eigenvalue weighted by atomic mass is 19.1. The predicted molar refractivity (Wildman–Crippen MR) is 58.6 cm³/mol. The van der Waals surface area contributed by atoms with Crippen molar-refractivity contribution in [2.24, 2.45) is 5.73 Å². The van der Waals surface area contributed by atoms with Gasteiger partial charge in [-0.15, -0.1) is 0 Å². The van der Waals surface area contributed by atoms with Crippen LogP contribution in [0.4, 0.5) is 4.39 Å². The van der Waals surface area contributed by atoms with E-state index in [4.69, 9.17) is 10.5 Å². The highest BCUT2D eigenvalue weighted by molar-refractivity contribution is 5.75. The minimum absolute atomic E-state index is 0.00322. The summed E-state index contributed by atoms with van der Waals surface area (Å²) in [6.07, 6.45) is 0. The molecule has 0 heterocycles. The molecule has 1 aromatic carbocycles. The fraction of sp³-hybridized carbons (Fsp3) is 0.364. The van der Waals surface area contributed by atoms with Gasteiger partial charge in [0.25, 0.3) is 5.91 Å². The summed E-state index contributed by atoms with van der Waals surface area (Å²) >= 11 is 0. The molecule has 0 aromatic heterocycles. The number of nitrogens with two attached hydrogens (primary N) is 1. The zero-order valence-corrected chi connectivity index (χ0v) is 9.29. The Morgan fingerprint density at radius 3 is 2.88 bits per heavy atom. The lowest BCUT2D eigenvalue weighted by molar-refractivity contribution is -0.119. The molecule has 0 aliphatic rings. The minimum Gasteiger partial charge on any atom is -0.483 e. The Bertz CT molecular complexity index is 382. The quantitative estimate of drug-likeness (QED) is 0.786. The van der Waals surface area contributed by atoms with E-state index in [1.54, 1.807) is 13.1 Å². The van der Waals surface area contributed by atoms with Crippen molar-refractivity contribution >= 4 is 5.91 Å². The van der Waals surface area contributed by atoms with Gasteiger partial charge >= 0.3 is 0 Å². The Morgan fingerprint density at radius 1 is 1.62 bits per heavy atom. The van der Waals surface area contributed by atoms with Gasteiger partial charge in [0.05, 0.1) is 0 Å². The summed E-state index contributed by atoms with van der Waals surface area (Å²) in [5.41, 5.74) is 5.75. The van der Waals surface area contributed by atoms with E-state index >= 15 is 0 Å². The first-order valence-electron chi connectivity index (χ1n) is 4.92. The third-order valence-corrected chi connectivity index (χ3v) is 2.25. The van der Waals surface area contributed by atoms with Crippen LogP contribution in [0.25, 0.3) is 0 Å². The van der Waals surface area contributed by atoms with E-state index in [-0.39, 0.29) is 12.6 Å². The summed E-state index contributed by atoms with van der Waals surface area (Å²) in [7, 11) is 1.78. The zero-order valence-electron chi connectivity index (χ0n) is 9.29. The molecule has 0 radical (unpaired) electrons. The number of nitrogens with one attached hydrogen (secondary N) is 1. The van der Waals surface area contributed by atoms with Crippen molar-refractivity contribution in [3.8, 4) is 5.75 Å². The maximum absolute atomic E-state index is 13.0. The lowest BCUT2D eigenvalue weighted by Crippen LogP contribution is -2.21. The summed E-state index contributed by atoms with van der Waals surface area (Å²) < 4.78 is 18.2. The van der Waals surface area contributed by atoms with E-state index in [1.807, 2.05) is 6.92 Å². The fourth-order valence-electron chi connectivity index (χ4n) is 1.30. The molecule has 0 bridgehead atoms. The zero-order chi connectivity index (χ0) is 12.1. The molecule has 0 aliphatic heterocycles. The molecule has 0 fully saturated rings. The van der Waals surface area contributed by atoms with E-state index in [1.165, 1.54) is 12.1 Å². The maximum Gasteiger partial charge on any atom is 0.255 e. The largest absolute Gasteiger partial charge is 0.483 e. The molecule has 0 saturated heterocycles. The van der Waals surface area contributed by atoms with Gasteiger partial charge < -0.3 is 15.8 Å². The van der Waals surface area contributed by atoms with Gasteiger partial charge in [-0.1, -0.05) is 6.07 Å². The first kappa shape index (κ1) is 12.4. The second-order valence-electron chi connectivity index (χ2n) is 3.45. The van der Waals surface area contributed by atoms with Gasteiger partial charge in [0.15, 0.2) is 6.61 Å². The lowest BCUT2D eigenvalue weighted by Gasteiger charge is -2.15. The van der Waals surface area contributed by atoms with Crippen molar-refractivity contribution in [1.82, 2.24) is 5.32 Å². The first-order valence-corrected chi connectivity index (χ1v) is 4.92. The van der Waals surface area contributed by atoms with E-state index in [9.17, 15) is 9.18 Å². The smallest absolute Gasteiger partial charge is 0.255 e. The summed E-state index contributed by atoms with van der Waals surface area (Å²) in [5.74, 6) is -0.667. The van der Waals surface area contributed by atoms with Gasteiger partial charge in [0, 0.05) is 17.7 Å². The summed E-state index contributed by atoms with van der Waals surface area (Å²) in [4.78, 5) is 10.6. The number of benzene rings is 1. The van der Waals surface area contributed by atoms with E-state index in [2.05, 4.69) is 5.32 Å². The van der Waals surface area contributed by atoms with Gasteiger partial charge in [-0.3, -0.25) is 4.79 Å². The summed E-state index contributed by atoms with van der Waals surface area (Å²) in [6.45, 7) is 1.65. The van der Waals surface area contributed by atoms with Gasteiger partial charge in [0.1, 0.15) is 11.6 Å².